The second-order valence-electron chi connectivity index (χ2n) is 3.72. The van der Waals surface area contributed by atoms with Crippen LogP contribution >= 0.6 is 11.6 Å². The lowest BCUT2D eigenvalue weighted by molar-refractivity contribution is 0.584. The van der Waals surface area contributed by atoms with Crippen molar-refractivity contribution in [3.8, 4) is 0 Å². The Balaban J connectivity index is 2.10. The Kier molecular flexibility index (Phi) is 4.19. The molecular weight excluding hydrogens is 284 g/mol. The Morgan fingerprint density at radius 2 is 1.79 bits per heavy atom. The number of nitrogens with zero attached hydrogens (tertiary/aromatic N) is 1. The van der Waals surface area contributed by atoms with Crippen LogP contribution in [0, 0.1) is 0 Å². The lowest BCUT2D eigenvalue weighted by Crippen LogP contribution is -2.18. The molecule has 0 aromatic heterocycles. The first-order valence-corrected chi connectivity index (χ1v) is 7.29. The SMILES string of the molecule is O=S(=O)(NN=Cc1cccc(Cl)c1)c1ccccc1. The molecule has 0 spiro atoms. The zero-order valence-electron chi connectivity index (χ0n) is 9.82. The third-order valence-electron chi connectivity index (χ3n) is 2.29. The van der Waals surface area contributed by atoms with Crippen molar-refractivity contribution >= 4 is 27.8 Å². The number of sulfonamides is 1. The molecule has 0 unspecified atom stereocenters. The maximum Gasteiger partial charge on any atom is 0.276 e. The molecule has 0 bridgehead atoms. The van der Waals surface area contributed by atoms with Crippen LogP contribution in [0.1, 0.15) is 5.56 Å². The summed E-state index contributed by atoms with van der Waals surface area (Å²) >= 11 is 5.81. The number of nitrogens with one attached hydrogen (secondary N) is 1. The fourth-order valence-electron chi connectivity index (χ4n) is 1.41. The predicted molar refractivity (Wildman–Crippen MR) is 75.8 cm³/mol. The van der Waals surface area contributed by atoms with Crippen LogP contribution in [0.15, 0.2) is 64.6 Å². The van der Waals surface area contributed by atoms with Crippen molar-refractivity contribution in [3.05, 3.63) is 65.2 Å². The second kappa shape index (κ2) is 5.86. The van der Waals surface area contributed by atoms with E-state index in [-0.39, 0.29) is 4.90 Å². The molecule has 0 saturated heterocycles. The Bertz CT molecular complexity index is 685. The molecule has 0 aliphatic carbocycles. The van der Waals surface area contributed by atoms with E-state index in [4.69, 9.17) is 11.6 Å². The van der Waals surface area contributed by atoms with Gasteiger partial charge in [0.15, 0.2) is 0 Å². The van der Waals surface area contributed by atoms with Crippen molar-refractivity contribution in [2.75, 3.05) is 0 Å². The normalized spacial score (nSPS) is 11.6. The third kappa shape index (κ3) is 3.81. The Hall–Kier alpha value is -1.85. The molecule has 0 fully saturated rings. The molecule has 2 aromatic carbocycles. The largest absolute Gasteiger partial charge is 0.276 e. The van der Waals surface area contributed by atoms with Crippen LogP contribution in [0.2, 0.25) is 5.02 Å². The van der Waals surface area contributed by atoms with E-state index in [0.717, 1.165) is 0 Å². The molecule has 0 aliphatic heterocycles. The van der Waals surface area contributed by atoms with Crippen molar-refractivity contribution in [3.63, 3.8) is 0 Å². The first-order chi connectivity index (χ1) is 9.08. The molecule has 1 N–H and O–H groups in total. The predicted octanol–water partition coefficient (Wildman–Crippen LogP) is 2.65. The molecular formula is C13H11ClN2O2S. The van der Waals surface area contributed by atoms with Crippen LogP contribution in [0.25, 0.3) is 0 Å². The minimum Gasteiger partial charge on any atom is -0.200 e. The molecule has 0 saturated carbocycles. The summed E-state index contributed by atoms with van der Waals surface area (Å²) in [5.41, 5.74) is 0.711. The maximum atomic E-state index is 11.8. The summed E-state index contributed by atoms with van der Waals surface area (Å²) in [7, 11) is -3.62. The fraction of sp³-hybridized carbons (Fsp3) is 0. The lowest BCUT2D eigenvalue weighted by Gasteiger charge is -2.02. The number of benzene rings is 2. The topological polar surface area (TPSA) is 58.5 Å². The van der Waals surface area contributed by atoms with Crippen molar-refractivity contribution < 1.29 is 8.42 Å². The third-order valence-corrected chi connectivity index (χ3v) is 3.76. The molecule has 4 nitrogen and oxygen atoms in total. The van der Waals surface area contributed by atoms with E-state index in [1.165, 1.54) is 18.3 Å². The smallest absolute Gasteiger partial charge is 0.200 e. The molecule has 0 amide bonds. The number of hydrazone groups is 1. The lowest BCUT2D eigenvalue weighted by atomic mass is 10.2. The van der Waals surface area contributed by atoms with E-state index in [1.807, 2.05) is 0 Å². The molecule has 19 heavy (non-hydrogen) atoms. The van der Waals surface area contributed by atoms with Gasteiger partial charge in [-0.3, -0.25) is 0 Å². The minimum absolute atomic E-state index is 0.165. The quantitative estimate of drug-likeness (QED) is 0.696. The van der Waals surface area contributed by atoms with E-state index in [9.17, 15) is 8.42 Å². The molecule has 2 aromatic rings. The summed E-state index contributed by atoms with van der Waals surface area (Å²) in [6.07, 6.45) is 1.40. The summed E-state index contributed by atoms with van der Waals surface area (Å²) in [6.45, 7) is 0. The summed E-state index contributed by atoms with van der Waals surface area (Å²) < 4.78 is 23.7. The summed E-state index contributed by atoms with van der Waals surface area (Å²) in [6, 6.07) is 15.0. The van der Waals surface area contributed by atoms with Crippen LogP contribution in [0.4, 0.5) is 0 Å². The summed E-state index contributed by atoms with van der Waals surface area (Å²) in [5.74, 6) is 0. The second-order valence-corrected chi connectivity index (χ2v) is 5.82. The average molecular weight is 295 g/mol. The van der Waals surface area contributed by atoms with Gasteiger partial charge in [-0.15, -0.1) is 0 Å². The Morgan fingerprint density at radius 1 is 1.05 bits per heavy atom. The molecule has 0 radical (unpaired) electrons. The molecule has 0 heterocycles. The van der Waals surface area contributed by atoms with Crippen molar-refractivity contribution in [1.29, 1.82) is 0 Å². The number of halogens is 1. The van der Waals surface area contributed by atoms with Gasteiger partial charge in [-0.05, 0) is 29.8 Å². The van der Waals surface area contributed by atoms with Gasteiger partial charge in [0.25, 0.3) is 10.0 Å². The van der Waals surface area contributed by atoms with Crippen LogP contribution in [-0.4, -0.2) is 14.6 Å². The highest BCUT2D eigenvalue weighted by atomic mass is 35.5. The van der Waals surface area contributed by atoms with Gasteiger partial charge in [-0.25, -0.2) is 4.83 Å². The highest BCUT2D eigenvalue weighted by molar-refractivity contribution is 7.89. The van der Waals surface area contributed by atoms with Gasteiger partial charge in [-0.1, -0.05) is 41.9 Å². The van der Waals surface area contributed by atoms with Crippen LogP contribution in [0.3, 0.4) is 0 Å². The van der Waals surface area contributed by atoms with Gasteiger partial charge in [0.1, 0.15) is 0 Å². The van der Waals surface area contributed by atoms with Crippen LogP contribution < -0.4 is 4.83 Å². The van der Waals surface area contributed by atoms with Gasteiger partial charge in [0, 0.05) is 5.02 Å². The fourth-order valence-corrected chi connectivity index (χ4v) is 2.42. The van der Waals surface area contributed by atoms with Gasteiger partial charge < -0.3 is 0 Å². The van der Waals surface area contributed by atoms with E-state index < -0.39 is 10.0 Å². The van der Waals surface area contributed by atoms with Crippen molar-refractivity contribution in [2.24, 2.45) is 5.10 Å². The van der Waals surface area contributed by atoms with E-state index in [1.54, 1.807) is 42.5 Å². The molecule has 2 rings (SSSR count). The maximum absolute atomic E-state index is 11.8. The van der Waals surface area contributed by atoms with Crippen molar-refractivity contribution in [2.45, 2.75) is 4.90 Å². The monoisotopic (exact) mass is 294 g/mol. The zero-order valence-corrected chi connectivity index (χ0v) is 11.4. The van der Waals surface area contributed by atoms with Crippen LogP contribution in [-0.2, 0) is 10.0 Å². The zero-order chi connectivity index (χ0) is 13.7. The van der Waals surface area contributed by atoms with Crippen LogP contribution in [0.5, 0.6) is 0 Å². The first kappa shape index (κ1) is 13.6. The minimum atomic E-state index is -3.62. The molecule has 98 valence electrons. The summed E-state index contributed by atoms with van der Waals surface area (Å²) in [5, 5.41) is 4.27. The van der Waals surface area contributed by atoms with E-state index in [0.29, 0.717) is 10.6 Å². The van der Waals surface area contributed by atoms with Gasteiger partial charge >= 0.3 is 0 Å². The molecule has 0 atom stereocenters. The van der Waals surface area contributed by atoms with Crippen molar-refractivity contribution in [1.82, 2.24) is 4.83 Å². The standard InChI is InChI=1S/C13H11ClN2O2S/c14-12-6-4-5-11(9-12)10-15-16-19(17,18)13-7-2-1-3-8-13/h1-10,16H. The number of hydrogen-bond acceptors (Lipinski definition) is 3. The molecule has 0 aliphatic rings. The van der Waals surface area contributed by atoms with Gasteiger partial charge in [0.05, 0.1) is 11.1 Å². The number of hydrogen-bond donors (Lipinski definition) is 1. The summed E-state index contributed by atoms with van der Waals surface area (Å²) in [4.78, 5) is 2.31. The first-order valence-electron chi connectivity index (χ1n) is 5.43. The molecule has 6 heteroatoms. The van der Waals surface area contributed by atoms with E-state index in [2.05, 4.69) is 9.93 Å². The Morgan fingerprint density at radius 3 is 2.47 bits per heavy atom. The number of rotatable bonds is 4. The van der Waals surface area contributed by atoms with Gasteiger partial charge in [0.2, 0.25) is 0 Å². The van der Waals surface area contributed by atoms with E-state index >= 15 is 0 Å². The average Bonchev–Trinajstić information content (AvgIpc) is 2.40. The Labute approximate surface area is 116 Å². The highest BCUT2D eigenvalue weighted by Crippen LogP contribution is 2.09. The van der Waals surface area contributed by atoms with Gasteiger partial charge in [-0.2, -0.15) is 13.5 Å². The highest BCUT2D eigenvalue weighted by Gasteiger charge is 2.10.